The highest BCUT2D eigenvalue weighted by Gasteiger charge is 2.30. The first-order valence-corrected chi connectivity index (χ1v) is 14.4. The summed E-state index contributed by atoms with van der Waals surface area (Å²) in [5, 5.41) is 4.11. The smallest absolute Gasteiger partial charge is 0.243 e. The summed E-state index contributed by atoms with van der Waals surface area (Å²) in [4.78, 5) is 29.0. The molecule has 0 saturated heterocycles. The molecule has 37 heavy (non-hydrogen) atoms. The van der Waals surface area contributed by atoms with Crippen molar-refractivity contribution in [2.75, 3.05) is 5.75 Å². The van der Waals surface area contributed by atoms with E-state index in [1.54, 1.807) is 11.0 Å². The third-order valence-corrected chi connectivity index (χ3v) is 7.95. The second kappa shape index (κ2) is 14.5. The van der Waals surface area contributed by atoms with Crippen LogP contribution in [0, 0.1) is 6.92 Å². The minimum absolute atomic E-state index is 0.0196. The monoisotopic (exact) mass is 556 g/mol. The van der Waals surface area contributed by atoms with Crippen LogP contribution in [0.1, 0.15) is 42.5 Å². The van der Waals surface area contributed by atoms with Crippen LogP contribution >= 0.6 is 35.0 Å². The van der Waals surface area contributed by atoms with Crippen molar-refractivity contribution in [3.63, 3.8) is 0 Å². The number of carbonyl (C=O) groups excluding carboxylic acids is 2. The topological polar surface area (TPSA) is 49.4 Å². The molecule has 4 nitrogen and oxygen atoms in total. The maximum Gasteiger partial charge on any atom is 0.243 e. The third-order valence-electron chi connectivity index (χ3n) is 6.22. The third kappa shape index (κ3) is 9.10. The van der Waals surface area contributed by atoms with E-state index in [0.717, 1.165) is 28.7 Å². The van der Waals surface area contributed by atoms with Crippen LogP contribution in [-0.4, -0.2) is 34.6 Å². The Balaban J connectivity index is 1.84. The number of amides is 2. The van der Waals surface area contributed by atoms with Crippen LogP contribution in [0.4, 0.5) is 0 Å². The van der Waals surface area contributed by atoms with Crippen molar-refractivity contribution in [2.24, 2.45) is 0 Å². The summed E-state index contributed by atoms with van der Waals surface area (Å²) in [5.74, 6) is 0.649. The summed E-state index contributed by atoms with van der Waals surface area (Å²) >= 11 is 13.7. The number of thioether (sulfide) groups is 1. The quantitative estimate of drug-likeness (QED) is 0.259. The number of nitrogens with zero attached hydrogens (tertiary/aromatic N) is 1. The van der Waals surface area contributed by atoms with Gasteiger partial charge in [0, 0.05) is 24.8 Å². The zero-order chi connectivity index (χ0) is 26.8. The summed E-state index contributed by atoms with van der Waals surface area (Å²) in [7, 11) is 0. The number of rotatable bonds is 12. The van der Waals surface area contributed by atoms with Crippen LogP contribution in [0.5, 0.6) is 0 Å². The van der Waals surface area contributed by atoms with Crippen LogP contribution in [-0.2, 0) is 28.3 Å². The van der Waals surface area contributed by atoms with E-state index >= 15 is 0 Å². The molecule has 1 N–H and O–H groups in total. The van der Waals surface area contributed by atoms with E-state index in [0.29, 0.717) is 28.8 Å². The Morgan fingerprint density at radius 1 is 0.919 bits per heavy atom. The van der Waals surface area contributed by atoms with Crippen molar-refractivity contribution < 1.29 is 9.59 Å². The second-order valence-electron chi connectivity index (χ2n) is 9.27. The number of hydrogen-bond acceptors (Lipinski definition) is 3. The lowest BCUT2D eigenvalue weighted by atomic mass is 10.0. The molecule has 2 atom stereocenters. The summed E-state index contributed by atoms with van der Waals surface area (Å²) in [6, 6.07) is 22.8. The molecule has 3 rings (SSSR count). The normalized spacial score (nSPS) is 12.6. The van der Waals surface area contributed by atoms with E-state index in [2.05, 4.69) is 5.32 Å². The van der Waals surface area contributed by atoms with Crippen LogP contribution in [0.15, 0.2) is 72.8 Å². The molecule has 3 aromatic carbocycles. The van der Waals surface area contributed by atoms with Crippen LogP contribution in [0.25, 0.3) is 0 Å². The van der Waals surface area contributed by atoms with Gasteiger partial charge in [0.05, 0.1) is 15.8 Å². The first kappa shape index (κ1) is 29.1. The maximum absolute atomic E-state index is 13.7. The van der Waals surface area contributed by atoms with Gasteiger partial charge < -0.3 is 10.2 Å². The van der Waals surface area contributed by atoms with Crippen molar-refractivity contribution in [1.82, 2.24) is 10.2 Å². The minimum atomic E-state index is -0.629. The van der Waals surface area contributed by atoms with Gasteiger partial charge in [-0.2, -0.15) is 0 Å². The molecule has 0 aromatic heterocycles. The molecule has 0 fully saturated rings. The van der Waals surface area contributed by atoms with Gasteiger partial charge in [-0.1, -0.05) is 96.4 Å². The van der Waals surface area contributed by atoms with E-state index in [9.17, 15) is 9.59 Å². The zero-order valence-electron chi connectivity index (χ0n) is 21.5. The molecule has 0 radical (unpaired) electrons. The van der Waals surface area contributed by atoms with Crippen LogP contribution in [0.3, 0.4) is 0 Å². The maximum atomic E-state index is 13.7. The standard InChI is InChI=1S/C30H34Cl2N2O2S/c1-4-22(3)33-30(36)28(17-23-8-6-5-7-9-23)34(18-24-12-10-21(2)11-13-24)29(35)20-37-19-25-14-15-26(31)27(32)16-25/h5-16,22,28H,4,17-20H2,1-3H3,(H,33,36)/t22-,28-/m1/s1. The highest BCUT2D eigenvalue weighted by atomic mass is 35.5. The van der Waals surface area contributed by atoms with E-state index < -0.39 is 6.04 Å². The average molecular weight is 558 g/mol. The lowest BCUT2D eigenvalue weighted by Crippen LogP contribution is -2.52. The summed E-state index contributed by atoms with van der Waals surface area (Å²) < 4.78 is 0. The number of benzene rings is 3. The molecule has 0 bridgehead atoms. The van der Waals surface area contributed by atoms with Crippen molar-refractivity contribution in [3.05, 3.63) is 105 Å². The predicted molar refractivity (Wildman–Crippen MR) is 156 cm³/mol. The van der Waals surface area contributed by atoms with Gasteiger partial charge in [0.25, 0.3) is 0 Å². The molecular formula is C30H34Cl2N2O2S. The fraction of sp³-hybridized carbons (Fsp3) is 0.333. The average Bonchev–Trinajstić information content (AvgIpc) is 2.89. The summed E-state index contributed by atoms with van der Waals surface area (Å²) in [5.41, 5.74) is 4.14. The Hall–Kier alpha value is -2.47. The predicted octanol–water partition coefficient (Wildman–Crippen LogP) is 7.09. The Morgan fingerprint density at radius 2 is 1.59 bits per heavy atom. The fourth-order valence-corrected chi connectivity index (χ4v) is 5.03. The Labute approximate surface area is 234 Å². The van der Waals surface area contributed by atoms with Gasteiger partial charge in [0.15, 0.2) is 0 Å². The van der Waals surface area contributed by atoms with Gasteiger partial charge in [-0.05, 0) is 49.1 Å². The molecule has 0 spiro atoms. The Kier molecular flexibility index (Phi) is 11.4. The lowest BCUT2D eigenvalue weighted by Gasteiger charge is -2.32. The van der Waals surface area contributed by atoms with Gasteiger partial charge in [-0.3, -0.25) is 9.59 Å². The molecule has 2 amide bonds. The Morgan fingerprint density at radius 3 is 2.24 bits per heavy atom. The van der Waals surface area contributed by atoms with Crippen molar-refractivity contribution in [2.45, 2.75) is 58.0 Å². The summed E-state index contributed by atoms with van der Waals surface area (Å²) in [6.07, 6.45) is 1.26. The Bertz CT molecular complexity index is 1170. The highest BCUT2D eigenvalue weighted by molar-refractivity contribution is 7.99. The number of aryl methyl sites for hydroxylation is 1. The van der Waals surface area contributed by atoms with Crippen molar-refractivity contribution >= 4 is 46.8 Å². The number of halogens is 2. The molecule has 196 valence electrons. The number of nitrogens with one attached hydrogen (secondary N) is 1. The number of hydrogen-bond donors (Lipinski definition) is 1. The van der Waals surface area contributed by atoms with Gasteiger partial charge in [-0.15, -0.1) is 11.8 Å². The zero-order valence-corrected chi connectivity index (χ0v) is 23.9. The summed E-state index contributed by atoms with van der Waals surface area (Å²) in [6.45, 7) is 6.41. The highest BCUT2D eigenvalue weighted by Crippen LogP contribution is 2.25. The van der Waals surface area contributed by atoms with Gasteiger partial charge in [0.2, 0.25) is 11.8 Å². The van der Waals surface area contributed by atoms with Crippen LogP contribution in [0.2, 0.25) is 10.0 Å². The first-order valence-electron chi connectivity index (χ1n) is 12.5. The van der Waals surface area contributed by atoms with E-state index in [1.807, 2.05) is 87.5 Å². The molecule has 0 heterocycles. The van der Waals surface area contributed by atoms with Gasteiger partial charge in [0.1, 0.15) is 6.04 Å². The molecule has 0 unspecified atom stereocenters. The van der Waals surface area contributed by atoms with Gasteiger partial charge in [-0.25, -0.2) is 0 Å². The van der Waals surface area contributed by atoms with E-state index in [1.165, 1.54) is 11.8 Å². The van der Waals surface area contributed by atoms with Crippen LogP contribution < -0.4 is 5.32 Å². The molecular weight excluding hydrogens is 523 g/mol. The molecule has 0 saturated carbocycles. The first-order chi connectivity index (χ1) is 17.8. The second-order valence-corrected chi connectivity index (χ2v) is 11.1. The van der Waals surface area contributed by atoms with Crippen molar-refractivity contribution in [3.8, 4) is 0 Å². The number of carbonyl (C=O) groups is 2. The van der Waals surface area contributed by atoms with Crippen molar-refractivity contribution in [1.29, 1.82) is 0 Å². The largest absolute Gasteiger partial charge is 0.352 e. The fourth-order valence-electron chi connectivity index (χ4n) is 3.85. The molecule has 3 aromatic rings. The molecule has 7 heteroatoms. The van der Waals surface area contributed by atoms with Gasteiger partial charge >= 0.3 is 0 Å². The van der Waals surface area contributed by atoms with E-state index in [-0.39, 0.29) is 23.6 Å². The molecule has 0 aliphatic carbocycles. The SMILES string of the molecule is CC[C@@H](C)NC(=O)[C@@H](Cc1ccccc1)N(Cc1ccc(C)cc1)C(=O)CSCc1ccc(Cl)c(Cl)c1. The van der Waals surface area contributed by atoms with E-state index in [4.69, 9.17) is 23.2 Å². The lowest BCUT2D eigenvalue weighted by molar-refractivity contribution is -0.139. The molecule has 0 aliphatic heterocycles. The minimum Gasteiger partial charge on any atom is -0.352 e. The molecule has 0 aliphatic rings.